The van der Waals surface area contributed by atoms with Crippen LogP contribution in [0.3, 0.4) is 0 Å². The first-order valence-electron chi connectivity index (χ1n) is 12.3. The van der Waals surface area contributed by atoms with Gasteiger partial charge in [-0.25, -0.2) is 0 Å². The molecule has 1 aliphatic carbocycles. The van der Waals surface area contributed by atoms with E-state index >= 15 is 0 Å². The average Bonchev–Trinajstić information content (AvgIpc) is 2.83. The monoisotopic (exact) mass is 466 g/mol. The zero-order valence-electron chi connectivity index (χ0n) is 22.4. The third-order valence-electron chi connectivity index (χ3n) is 7.09. The van der Waals surface area contributed by atoms with Crippen molar-refractivity contribution in [3.8, 4) is 0 Å². The molecule has 0 unspecified atom stereocenters. The summed E-state index contributed by atoms with van der Waals surface area (Å²) in [6.07, 6.45) is 9.51. The summed E-state index contributed by atoms with van der Waals surface area (Å²) < 4.78 is 13.5. The van der Waals surface area contributed by atoms with Crippen molar-refractivity contribution in [3.05, 3.63) is 24.3 Å². The van der Waals surface area contributed by atoms with E-state index in [0.29, 0.717) is 12.0 Å². The summed E-state index contributed by atoms with van der Waals surface area (Å²) in [5.41, 5.74) is -0.125. The molecule has 3 nitrogen and oxygen atoms in total. The van der Waals surface area contributed by atoms with Crippen molar-refractivity contribution in [2.75, 3.05) is 0 Å². The van der Waals surface area contributed by atoms with Crippen molar-refractivity contribution in [1.82, 2.24) is 0 Å². The average molecular weight is 467 g/mol. The Morgan fingerprint density at radius 3 is 2.23 bits per heavy atom. The van der Waals surface area contributed by atoms with Crippen LogP contribution in [-0.4, -0.2) is 34.8 Å². The molecule has 1 saturated carbocycles. The number of carbonyl (C=O) groups excluding carboxylic acids is 1. The van der Waals surface area contributed by atoms with Gasteiger partial charge in [-0.1, -0.05) is 86.5 Å². The van der Waals surface area contributed by atoms with Crippen LogP contribution in [0.25, 0.3) is 0 Å². The lowest BCUT2D eigenvalue weighted by atomic mass is 9.71. The lowest BCUT2D eigenvalue weighted by molar-refractivity contribution is -0.115. The van der Waals surface area contributed by atoms with Gasteiger partial charge in [0.15, 0.2) is 23.1 Å². The predicted octanol–water partition coefficient (Wildman–Crippen LogP) is 7.44. The highest BCUT2D eigenvalue weighted by molar-refractivity contribution is 6.74. The van der Waals surface area contributed by atoms with Crippen LogP contribution in [0.1, 0.15) is 80.6 Å². The maximum Gasteiger partial charge on any atom is 0.192 e. The van der Waals surface area contributed by atoms with Gasteiger partial charge in [0.05, 0.1) is 6.10 Å². The molecule has 1 rings (SSSR count). The van der Waals surface area contributed by atoms with Crippen molar-refractivity contribution in [3.63, 3.8) is 0 Å². The van der Waals surface area contributed by atoms with Crippen molar-refractivity contribution < 1.29 is 13.6 Å². The summed E-state index contributed by atoms with van der Waals surface area (Å²) in [4.78, 5) is 12.8. The SMILES string of the molecule is C=C1C(=O)C[C@@H](C(C)(C)C)[C@]1(C=C[C@H](CCCCC)O[Si](C)(C)C(C)(C)C)O[SiH](C)C. The van der Waals surface area contributed by atoms with E-state index in [1.807, 2.05) is 0 Å². The van der Waals surface area contributed by atoms with E-state index in [0.717, 1.165) is 12.8 Å². The normalized spacial score (nSPS) is 24.6. The molecule has 5 heteroatoms. The molecule has 31 heavy (non-hydrogen) atoms. The first kappa shape index (κ1) is 28.5. The number of carbonyl (C=O) groups is 1. The van der Waals surface area contributed by atoms with Crippen LogP contribution in [0, 0.1) is 11.3 Å². The van der Waals surface area contributed by atoms with E-state index in [1.165, 1.54) is 12.8 Å². The van der Waals surface area contributed by atoms with Crippen LogP contribution in [0.5, 0.6) is 0 Å². The third kappa shape index (κ3) is 7.24. The molecular formula is C26H50O3Si2. The second-order valence-electron chi connectivity index (χ2n) is 12.3. The molecule has 0 aromatic heterocycles. The Labute approximate surface area is 195 Å². The van der Waals surface area contributed by atoms with Crippen molar-refractivity contribution in [1.29, 1.82) is 0 Å². The Morgan fingerprint density at radius 2 is 1.77 bits per heavy atom. The lowest BCUT2D eigenvalue weighted by Gasteiger charge is -2.42. The Hall–Kier alpha value is -0.496. The van der Waals surface area contributed by atoms with Crippen molar-refractivity contribution in [2.45, 2.75) is 124 Å². The zero-order chi connectivity index (χ0) is 24.3. The van der Waals surface area contributed by atoms with Crippen LogP contribution in [0.15, 0.2) is 24.3 Å². The van der Waals surface area contributed by atoms with Crippen molar-refractivity contribution in [2.24, 2.45) is 11.3 Å². The molecule has 0 spiro atoms. The number of hydrogen-bond donors (Lipinski definition) is 0. The van der Waals surface area contributed by atoms with Gasteiger partial charge in [-0.15, -0.1) is 0 Å². The molecule has 0 aromatic rings. The highest BCUT2D eigenvalue weighted by Gasteiger charge is 2.54. The molecule has 0 heterocycles. The van der Waals surface area contributed by atoms with E-state index in [9.17, 15) is 4.79 Å². The summed E-state index contributed by atoms with van der Waals surface area (Å²) >= 11 is 0. The van der Waals surface area contributed by atoms with Gasteiger partial charge < -0.3 is 8.85 Å². The molecule has 0 N–H and O–H groups in total. The highest BCUT2D eigenvalue weighted by Crippen LogP contribution is 2.50. The van der Waals surface area contributed by atoms with Crippen molar-refractivity contribution >= 4 is 23.1 Å². The number of Topliss-reactive ketones (excluding diaryl/α,β-unsaturated/α-hetero) is 1. The smallest absolute Gasteiger partial charge is 0.192 e. The van der Waals surface area contributed by atoms with Gasteiger partial charge in [0.25, 0.3) is 0 Å². The second kappa shape index (κ2) is 10.6. The molecule has 0 aliphatic heterocycles. The predicted molar refractivity (Wildman–Crippen MR) is 140 cm³/mol. The Kier molecular flexibility index (Phi) is 9.78. The van der Waals surface area contributed by atoms with Gasteiger partial charge in [-0.2, -0.15) is 0 Å². The quantitative estimate of drug-likeness (QED) is 0.145. The minimum absolute atomic E-state index is 0.0471. The Morgan fingerprint density at radius 1 is 1.19 bits per heavy atom. The largest absolute Gasteiger partial charge is 0.411 e. The van der Waals surface area contributed by atoms with E-state index in [2.05, 4.69) is 93.4 Å². The maximum absolute atomic E-state index is 12.8. The summed E-state index contributed by atoms with van der Waals surface area (Å²) in [6, 6.07) is 0. The molecule has 0 amide bonds. The number of ketones is 1. The summed E-state index contributed by atoms with van der Waals surface area (Å²) in [5.74, 6) is 0.238. The van der Waals surface area contributed by atoms with Crippen LogP contribution in [-0.2, 0) is 13.6 Å². The zero-order valence-corrected chi connectivity index (χ0v) is 24.5. The first-order chi connectivity index (χ1) is 14.0. The van der Waals surface area contributed by atoms with Gasteiger partial charge in [-0.05, 0) is 43.1 Å². The molecular weight excluding hydrogens is 416 g/mol. The molecule has 1 aliphatic rings. The van der Waals surface area contributed by atoms with Crippen LogP contribution < -0.4 is 0 Å². The lowest BCUT2D eigenvalue weighted by Crippen LogP contribution is -2.46. The molecule has 0 aromatic carbocycles. The fourth-order valence-electron chi connectivity index (χ4n) is 4.23. The summed E-state index contributed by atoms with van der Waals surface area (Å²) in [7, 11) is -3.34. The van der Waals surface area contributed by atoms with Crippen LogP contribution in [0.2, 0.25) is 31.2 Å². The van der Waals surface area contributed by atoms with Gasteiger partial charge >= 0.3 is 0 Å². The van der Waals surface area contributed by atoms with Gasteiger partial charge in [0, 0.05) is 17.9 Å². The van der Waals surface area contributed by atoms with Gasteiger partial charge in [0.1, 0.15) is 5.60 Å². The standard InChI is InChI=1S/C26H50O3Si2/c1-13-14-15-16-21(28-31(11,12)25(6,7)8)17-18-26(29-30(9)10)20(2)22(27)19-23(26)24(3,4)5/h17-18,21,23,30H,2,13-16,19H2,1,3-12H3/t21-,23-,26+/m0/s1. The maximum atomic E-state index is 12.8. The van der Waals surface area contributed by atoms with E-state index in [1.54, 1.807) is 0 Å². The van der Waals surface area contributed by atoms with Crippen LogP contribution in [0.4, 0.5) is 0 Å². The number of rotatable bonds is 10. The number of unbranched alkanes of at least 4 members (excludes halogenated alkanes) is 2. The Balaban J connectivity index is 3.38. The van der Waals surface area contributed by atoms with Gasteiger partial charge in [-0.3, -0.25) is 4.79 Å². The van der Waals surface area contributed by atoms with Crippen LogP contribution >= 0.6 is 0 Å². The summed E-state index contributed by atoms with van der Waals surface area (Å²) in [6.45, 7) is 28.9. The number of hydrogen-bond acceptors (Lipinski definition) is 3. The van der Waals surface area contributed by atoms with E-state index in [-0.39, 0.29) is 28.3 Å². The second-order valence-corrected chi connectivity index (χ2v) is 19.3. The fourth-order valence-corrected chi connectivity index (χ4v) is 6.70. The Bertz CT molecular complexity index is 653. The molecule has 180 valence electrons. The molecule has 0 saturated heterocycles. The third-order valence-corrected chi connectivity index (χ3v) is 12.5. The fraction of sp³-hybridized carbons (Fsp3) is 0.808. The van der Waals surface area contributed by atoms with E-state index in [4.69, 9.17) is 8.85 Å². The van der Waals surface area contributed by atoms with Gasteiger partial charge in [0.2, 0.25) is 0 Å². The van der Waals surface area contributed by atoms with E-state index < -0.39 is 23.0 Å². The summed E-state index contributed by atoms with van der Waals surface area (Å²) in [5, 5.41) is 0.156. The molecule has 0 radical (unpaired) electrons. The molecule has 3 atom stereocenters. The topological polar surface area (TPSA) is 35.5 Å². The minimum atomic E-state index is -1.92. The minimum Gasteiger partial charge on any atom is -0.411 e. The molecule has 1 fully saturated rings. The first-order valence-corrected chi connectivity index (χ1v) is 17.9. The highest BCUT2D eigenvalue weighted by atomic mass is 28.4. The molecule has 0 bridgehead atoms.